The van der Waals surface area contributed by atoms with Crippen molar-refractivity contribution in [1.29, 1.82) is 0 Å². The predicted molar refractivity (Wildman–Crippen MR) is 84.4 cm³/mol. The molecule has 0 radical (unpaired) electrons. The summed E-state index contributed by atoms with van der Waals surface area (Å²) in [6, 6.07) is 8.35. The predicted octanol–water partition coefficient (Wildman–Crippen LogP) is 3.30. The van der Waals surface area contributed by atoms with E-state index in [1.807, 2.05) is 11.4 Å². The van der Waals surface area contributed by atoms with Crippen molar-refractivity contribution in [3.8, 4) is 0 Å². The van der Waals surface area contributed by atoms with E-state index >= 15 is 0 Å². The van der Waals surface area contributed by atoms with Crippen LogP contribution in [-0.2, 0) is 12.2 Å². The van der Waals surface area contributed by atoms with Crippen LogP contribution >= 0.6 is 23.1 Å². The van der Waals surface area contributed by atoms with E-state index in [-0.39, 0.29) is 0 Å². The number of aromatic nitrogens is 3. The third kappa shape index (κ3) is 3.83. The fraction of sp³-hybridized carbons (Fsp3) is 0.214. The van der Waals surface area contributed by atoms with Gasteiger partial charge in [0.15, 0.2) is 11.0 Å². The van der Waals surface area contributed by atoms with E-state index in [9.17, 15) is 0 Å². The summed E-state index contributed by atoms with van der Waals surface area (Å²) in [7, 11) is 0. The van der Waals surface area contributed by atoms with Crippen molar-refractivity contribution in [2.75, 3.05) is 5.73 Å². The molecule has 0 bridgehead atoms. The van der Waals surface area contributed by atoms with E-state index in [0.29, 0.717) is 29.0 Å². The first-order chi connectivity index (χ1) is 10.2. The van der Waals surface area contributed by atoms with Crippen LogP contribution < -0.4 is 5.73 Å². The van der Waals surface area contributed by atoms with E-state index in [2.05, 4.69) is 40.2 Å². The van der Waals surface area contributed by atoms with Crippen LogP contribution in [0.4, 0.5) is 5.13 Å². The fourth-order valence-corrected chi connectivity index (χ4v) is 3.25. The molecule has 2 heterocycles. The van der Waals surface area contributed by atoms with E-state index in [0.717, 1.165) is 5.69 Å². The van der Waals surface area contributed by atoms with Gasteiger partial charge in [0.2, 0.25) is 5.89 Å². The van der Waals surface area contributed by atoms with Crippen LogP contribution in [0.25, 0.3) is 0 Å². The summed E-state index contributed by atoms with van der Waals surface area (Å²) in [6.45, 7) is 2.08. The number of aryl methyl sites for hydroxylation is 1. The Morgan fingerprint density at radius 1 is 1.33 bits per heavy atom. The highest BCUT2D eigenvalue weighted by molar-refractivity contribution is 7.98. The Balaban J connectivity index is 1.60. The first kappa shape index (κ1) is 14.1. The van der Waals surface area contributed by atoms with Gasteiger partial charge in [-0.15, -0.1) is 23.1 Å². The Morgan fingerprint density at radius 3 is 3.00 bits per heavy atom. The minimum absolute atomic E-state index is 0.524. The molecule has 0 unspecified atom stereocenters. The summed E-state index contributed by atoms with van der Waals surface area (Å²) >= 11 is 3.10. The molecule has 0 saturated carbocycles. The van der Waals surface area contributed by atoms with Gasteiger partial charge in [0, 0.05) is 10.3 Å². The highest BCUT2D eigenvalue weighted by Gasteiger charge is 2.09. The molecule has 7 heteroatoms. The summed E-state index contributed by atoms with van der Waals surface area (Å²) in [4.78, 5) is 9.76. The molecule has 21 heavy (non-hydrogen) atoms. The molecule has 2 N–H and O–H groups in total. The number of benzene rings is 1. The largest absolute Gasteiger partial charge is 0.375 e. The lowest BCUT2D eigenvalue weighted by atomic mass is 10.2. The average Bonchev–Trinajstić information content (AvgIpc) is 3.06. The summed E-state index contributed by atoms with van der Waals surface area (Å²) in [6.07, 6.45) is 0.524. The third-order valence-corrected chi connectivity index (χ3v) is 4.48. The first-order valence-electron chi connectivity index (χ1n) is 6.40. The second-order valence-electron chi connectivity index (χ2n) is 4.56. The van der Waals surface area contributed by atoms with Crippen molar-refractivity contribution in [3.05, 3.63) is 52.6 Å². The molecule has 0 atom stereocenters. The van der Waals surface area contributed by atoms with Crippen LogP contribution in [0.15, 0.2) is 39.1 Å². The fourth-order valence-electron chi connectivity index (χ4n) is 1.83. The van der Waals surface area contributed by atoms with Crippen molar-refractivity contribution >= 4 is 28.2 Å². The zero-order valence-electron chi connectivity index (χ0n) is 11.4. The SMILES string of the molecule is Cc1cccc(SCc2noc(Cc3csc(N)n3)n2)c1. The summed E-state index contributed by atoms with van der Waals surface area (Å²) in [5, 5.41) is 6.45. The lowest BCUT2D eigenvalue weighted by Crippen LogP contribution is -1.91. The minimum Gasteiger partial charge on any atom is -0.375 e. The van der Waals surface area contributed by atoms with Gasteiger partial charge in [-0.05, 0) is 19.1 Å². The topological polar surface area (TPSA) is 77.8 Å². The highest BCUT2D eigenvalue weighted by atomic mass is 32.2. The highest BCUT2D eigenvalue weighted by Crippen LogP contribution is 2.22. The molecule has 2 aromatic heterocycles. The number of hydrogen-bond acceptors (Lipinski definition) is 7. The molecule has 0 amide bonds. The van der Waals surface area contributed by atoms with Crippen LogP contribution in [0.1, 0.15) is 23.0 Å². The minimum atomic E-state index is 0.524. The number of nitrogens with two attached hydrogens (primary N) is 1. The van der Waals surface area contributed by atoms with Gasteiger partial charge in [0.05, 0.1) is 17.9 Å². The maximum Gasteiger partial charge on any atom is 0.232 e. The van der Waals surface area contributed by atoms with Crippen molar-refractivity contribution in [1.82, 2.24) is 15.1 Å². The number of hydrogen-bond donors (Lipinski definition) is 1. The van der Waals surface area contributed by atoms with E-state index < -0.39 is 0 Å². The Kier molecular flexibility index (Phi) is 4.21. The zero-order chi connectivity index (χ0) is 14.7. The van der Waals surface area contributed by atoms with E-state index in [1.54, 1.807) is 11.8 Å². The van der Waals surface area contributed by atoms with Crippen LogP contribution in [0.3, 0.4) is 0 Å². The van der Waals surface area contributed by atoms with Gasteiger partial charge in [0.1, 0.15) is 0 Å². The van der Waals surface area contributed by atoms with Crippen molar-refractivity contribution in [2.24, 2.45) is 0 Å². The average molecular weight is 318 g/mol. The van der Waals surface area contributed by atoms with E-state index in [4.69, 9.17) is 10.3 Å². The van der Waals surface area contributed by atoms with Gasteiger partial charge in [-0.2, -0.15) is 4.98 Å². The molecule has 0 saturated heterocycles. The maximum absolute atomic E-state index is 5.60. The molecule has 0 spiro atoms. The Bertz CT molecular complexity index is 738. The first-order valence-corrected chi connectivity index (χ1v) is 8.26. The molecule has 0 aliphatic rings. The number of nitrogens with zero attached hydrogens (tertiary/aromatic N) is 3. The van der Waals surface area contributed by atoms with Crippen LogP contribution in [-0.4, -0.2) is 15.1 Å². The maximum atomic E-state index is 5.60. The van der Waals surface area contributed by atoms with E-state index in [1.165, 1.54) is 21.8 Å². The normalized spacial score (nSPS) is 10.9. The number of thiazole rings is 1. The molecule has 3 aromatic rings. The van der Waals surface area contributed by atoms with Gasteiger partial charge in [-0.3, -0.25) is 0 Å². The molecule has 108 valence electrons. The van der Waals surface area contributed by atoms with Gasteiger partial charge in [-0.1, -0.05) is 22.9 Å². The standard InChI is InChI=1S/C14H14N4OS2/c1-9-3-2-4-11(5-9)20-8-12-17-13(19-18-12)6-10-7-21-14(15)16-10/h2-5,7H,6,8H2,1H3,(H2,15,16). The Labute approximate surface area is 130 Å². The van der Waals surface area contributed by atoms with Crippen molar-refractivity contribution in [3.63, 3.8) is 0 Å². The summed E-state index contributed by atoms with van der Waals surface area (Å²) in [5.41, 5.74) is 7.70. The number of anilines is 1. The number of thioether (sulfide) groups is 1. The van der Waals surface area contributed by atoms with Crippen molar-refractivity contribution < 1.29 is 4.52 Å². The Morgan fingerprint density at radius 2 is 2.24 bits per heavy atom. The van der Waals surface area contributed by atoms with Crippen molar-refractivity contribution in [2.45, 2.75) is 24.0 Å². The van der Waals surface area contributed by atoms with Crippen LogP contribution in [0, 0.1) is 6.92 Å². The van der Waals surface area contributed by atoms with Crippen LogP contribution in [0.5, 0.6) is 0 Å². The molecular weight excluding hydrogens is 304 g/mol. The molecule has 0 aliphatic heterocycles. The number of rotatable bonds is 5. The molecular formula is C14H14N4OS2. The molecule has 5 nitrogen and oxygen atoms in total. The smallest absolute Gasteiger partial charge is 0.232 e. The van der Waals surface area contributed by atoms with Gasteiger partial charge in [0.25, 0.3) is 0 Å². The lowest BCUT2D eigenvalue weighted by Gasteiger charge is -1.99. The molecule has 0 aliphatic carbocycles. The monoisotopic (exact) mass is 318 g/mol. The second kappa shape index (κ2) is 6.28. The zero-order valence-corrected chi connectivity index (χ0v) is 13.1. The lowest BCUT2D eigenvalue weighted by molar-refractivity contribution is 0.380. The molecule has 1 aromatic carbocycles. The Hall–Kier alpha value is -1.86. The van der Waals surface area contributed by atoms with Crippen LogP contribution in [0.2, 0.25) is 0 Å². The van der Waals surface area contributed by atoms with Gasteiger partial charge < -0.3 is 10.3 Å². The second-order valence-corrected chi connectivity index (χ2v) is 6.50. The number of nitrogen functional groups attached to an aromatic ring is 1. The third-order valence-electron chi connectivity index (χ3n) is 2.77. The molecule has 3 rings (SSSR count). The van der Waals surface area contributed by atoms with Gasteiger partial charge >= 0.3 is 0 Å². The summed E-state index contributed by atoms with van der Waals surface area (Å²) < 4.78 is 5.24. The molecule has 0 fully saturated rings. The quantitative estimate of drug-likeness (QED) is 0.727. The van der Waals surface area contributed by atoms with Gasteiger partial charge in [-0.25, -0.2) is 4.98 Å². The summed E-state index contributed by atoms with van der Waals surface area (Å²) in [5.74, 6) is 1.95.